The number of carbonyl (C=O) groups excluding carboxylic acids is 2. The molecule has 0 atom stereocenters. The normalized spacial score (nSPS) is 13.8. The molecule has 2 amide bonds. The van der Waals surface area contributed by atoms with Crippen molar-refractivity contribution < 1.29 is 9.59 Å². The highest BCUT2D eigenvalue weighted by molar-refractivity contribution is 6.30. The highest BCUT2D eigenvalue weighted by Gasteiger charge is 2.31. The molecule has 0 aliphatic heterocycles. The minimum absolute atomic E-state index is 0.127. The molecule has 1 aliphatic carbocycles. The van der Waals surface area contributed by atoms with Crippen molar-refractivity contribution in [2.24, 2.45) is 5.92 Å². The predicted octanol–water partition coefficient (Wildman–Crippen LogP) is 3.89. The molecule has 0 radical (unpaired) electrons. The number of carbonyl (C=O) groups is 2. The van der Waals surface area contributed by atoms with Gasteiger partial charge in [0.2, 0.25) is 5.91 Å². The summed E-state index contributed by atoms with van der Waals surface area (Å²) < 4.78 is 0. The molecule has 132 valence electrons. The number of rotatable bonds is 9. The Balaban J connectivity index is 1.69. The molecule has 1 fully saturated rings. The first-order valence-corrected chi connectivity index (χ1v) is 9.18. The van der Waals surface area contributed by atoms with Crippen LogP contribution in [-0.4, -0.2) is 35.8 Å². The van der Waals surface area contributed by atoms with Gasteiger partial charge in [0.1, 0.15) is 0 Å². The Hall–Kier alpha value is -1.55. The Labute approximate surface area is 149 Å². The lowest BCUT2D eigenvalue weighted by molar-refractivity contribution is -0.132. The fourth-order valence-corrected chi connectivity index (χ4v) is 2.71. The van der Waals surface area contributed by atoms with Gasteiger partial charge in [-0.05, 0) is 55.9 Å². The van der Waals surface area contributed by atoms with Crippen molar-refractivity contribution >= 4 is 23.4 Å². The molecule has 0 heterocycles. The molecular weight excluding hydrogens is 324 g/mol. The van der Waals surface area contributed by atoms with Crippen molar-refractivity contribution in [1.82, 2.24) is 10.2 Å². The quantitative estimate of drug-likeness (QED) is 0.687. The maximum absolute atomic E-state index is 12.4. The predicted molar refractivity (Wildman–Crippen MR) is 97.2 cm³/mol. The first-order valence-electron chi connectivity index (χ1n) is 8.80. The van der Waals surface area contributed by atoms with Crippen LogP contribution in [0.4, 0.5) is 0 Å². The van der Waals surface area contributed by atoms with Gasteiger partial charge in [0.15, 0.2) is 0 Å². The largest absolute Gasteiger partial charge is 0.352 e. The minimum atomic E-state index is -0.127. The van der Waals surface area contributed by atoms with Gasteiger partial charge >= 0.3 is 0 Å². The summed E-state index contributed by atoms with van der Waals surface area (Å²) >= 11 is 5.81. The van der Waals surface area contributed by atoms with Crippen molar-refractivity contribution in [1.29, 1.82) is 0 Å². The van der Waals surface area contributed by atoms with Gasteiger partial charge in [-0.3, -0.25) is 9.59 Å². The number of nitrogens with zero attached hydrogens (tertiary/aromatic N) is 1. The molecule has 0 aromatic heterocycles. The SMILES string of the molecule is CC(C)CCN(C(=O)CCCNC(=O)c1ccc(Cl)cc1)C1CC1. The van der Waals surface area contributed by atoms with E-state index in [2.05, 4.69) is 19.2 Å². The van der Waals surface area contributed by atoms with Crippen LogP contribution < -0.4 is 5.32 Å². The van der Waals surface area contributed by atoms with Crippen molar-refractivity contribution in [3.05, 3.63) is 34.9 Å². The zero-order chi connectivity index (χ0) is 17.5. The fourth-order valence-electron chi connectivity index (χ4n) is 2.58. The van der Waals surface area contributed by atoms with E-state index in [1.54, 1.807) is 24.3 Å². The highest BCUT2D eigenvalue weighted by atomic mass is 35.5. The van der Waals surface area contributed by atoms with Crippen LogP contribution in [-0.2, 0) is 4.79 Å². The average molecular weight is 351 g/mol. The molecule has 1 aromatic carbocycles. The molecule has 0 bridgehead atoms. The van der Waals surface area contributed by atoms with Gasteiger partial charge in [-0.2, -0.15) is 0 Å². The Morgan fingerprint density at radius 3 is 2.50 bits per heavy atom. The van der Waals surface area contributed by atoms with Crippen molar-refractivity contribution in [3.63, 3.8) is 0 Å². The summed E-state index contributed by atoms with van der Waals surface area (Å²) in [6.07, 6.45) is 4.49. The molecule has 1 aliphatic rings. The minimum Gasteiger partial charge on any atom is -0.352 e. The standard InChI is InChI=1S/C19H27ClN2O2/c1-14(2)11-13-22(17-9-10-17)18(23)4-3-12-21-19(24)15-5-7-16(20)8-6-15/h5-8,14,17H,3-4,9-13H2,1-2H3,(H,21,24). The molecule has 1 aromatic rings. The van der Waals surface area contributed by atoms with Gasteiger partial charge < -0.3 is 10.2 Å². The van der Waals surface area contributed by atoms with E-state index in [1.165, 1.54) is 0 Å². The van der Waals surface area contributed by atoms with Crippen LogP contribution in [0.5, 0.6) is 0 Å². The van der Waals surface area contributed by atoms with E-state index in [4.69, 9.17) is 11.6 Å². The van der Waals surface area contributed by atoms with E-state index in [0.717, 1.165) is 25.8 Å². The second kappa shape index (κ2) is 9.07. The van der Waals surface area contributed by atoms with Crippen LogP contribution in [0.1, 0.15) is 56.3 Å². The van der Waals surface area contributed by atoms with Gasteiger partial charge in [-0.1, -0.05) is 25.4 Å². The molecular formula is C19H27ClN2O2. The van der Waals surface area contributed by atoms with Crippen molar-refractivity contribution in [3.8, 4) is 0 Å². The van der Waals surface area contributed by atoms with E-state index in [0.29, 0.717) is 41.9 Å². The Morgan fingerprint density at radius 2 is 1.92 bits per heavy atom. The molecule has 0 saturated heterocycles. The van der Waals surface area contributed by atoms with Gasteiger partial charge in [-0.15, -0.1) is 0 Å². The lowest BCUT2D eigenvalue weighted by atomic mass is 10.1. The topological polar surface area (TPSA) is 49.4 Å². The van der Waals surface area contributed by atoms with E-state index in [1.807, 2.05) is 4.90 Å². The van der Waals surface area contributed by atoms with Crippen LogP contribution in [0.3, 0.4) is 0 Å². The Kier molecular flexibility index (Phi) is 7.10. The summed E-state index contributed by atoms with van der Waals surface area (Å²) in [5.41, 5.74) is 0.585. The molecule has 1 saturated carbocycles. The first-order chi connectivity index (χ1) is 11.5. The van der Waals surface area contributed by atoms with Crippen molar-refractivity contribution in [2.75, 3.05) is 13.1 Å². The molecule has 4 nitrogen and oxygen atoms in total. The number of hydrogen-bond donors (Lipinski definition) is 1. The Morgan fingerprint density at radius 1 is 1.25 bits per heavy atom. The van der Waals surface area contributed by atoms with Crippen LogP contribution >= 0.6 is 11.6 Å². The summed E-state index contributed by atoms with van der Waals surface area (Å²) in [4.78, 5) is 26.4. The number of hydrogen-bond acceptors (Lipinski definition) is 2. The third kappa shape index (κ3) is 6.16. The molecule has 24 heavy (non-hydrogen) atoms. The molecule has 1 N–H and O–H groups in total. The summed E-state index contributed by atoms with van der Waals surface area (Å²) in [5, 5.41) is 3.46. The average Bonchev–Trinajstić information content (AvgIpc) is 3.37. The summed E-state index contributed by atoms with van der Waals surface area (Å²) in [6.45, 7) is 5.73. The van der Waals surface area contributed by atoms with E-state index in [9.17, 15) is 9.59 Å². The van der Waals surface area contributed by atoms with Crippen LogP contribution in [0.2, 0.25) is 5.02 Å². The zero-order valence-electron chi connectivity index (χ0n) is 14.6. The van der Waals surface area contributed by atoms with Gasteiger partial charge in [-0.25, -0.2) is 0 Å². The molecule has 0 unspecified atom stereocenters. The second-order valence-electron chi connectivity index (χ2n) is 6.87. The molecule has 5 heteroatoms. The summed E-state index contributed by atoms with van der Waals surface area (Å²) in [6, 6.07) is 7.25. The molecule has 0 spiro atoms. The van der Waals surface area contributed by atoms with E-state index in [-0.39, 0.29) is 11.8 Å². The lowest BCUT2D eigenvalue weighted by Crippen LogP contribution is -2.35. The smallest absolute Gasteiger partial charge is 0.251 e. The highest BCUT2D eigenvalue weighted by Crippen LogP contribution is 2.28. The van der Waals surface area contributed by atoms with Gasteiger partial charge in [0, 0.05) is 36.1 Å². The fraction of sp³-hybridized carbons (Fsp3) is 0.579. The number of amides is 2. The number of nitrogens with one attached hydrogen (secondary N) is 1. The monoisotopic (exact) mass is 350 g/mol. The maximum atomic E-state index is 12.4. The van der Waals surface area contributed by atoms with Crippen molar-refractivity contribution in [2.45, 2.75) is 52.0 Å². The zero-order valence-corrected chi connectivity index (χ0v) is 15.3. The lowest BCUT2D eigenvalue weighted by Gasteiger charge is -2.23. The molecule has 2 rings (SSSR count). The van der Waals surface area contributed by atoms with Crippen LogP contribution in [0.15, 0.2) is 24.3 Å². The second-order valence-corrected chi connectivity index (χ2v) is 7.30. The number of benzene rings is 1. The number of halogens is 1. The third-order valence-electron chi connectivity index (χ3n) is 4.21. The van der Waals surface area contributed by atoms with E-state index >= 15 is 0 Å². The van der Waals surface area contributed by atoms with Crippen LogP contribution in [0, 0.1) is 5.92 Å². The van der Waals surface area contributed by atoms with Gasteiger partial charge in [0.05, 0.1) is 0 Å². The maximum Gasteiger partial charge on any atom is 0.251 e. The third-order valence-corrected chi connectivity index (χ3v) is 4.47. The summed E-state index contributed by atoms with van der Waals surface area (Å²) in [7, 11) is 0. The van der Waals surface area contributed by atoms with E-state index < -0.39 is 0 Å². The first kappa shape index (κ1) is 18.8. The van der Waals surface area contributed by atoms with Gasteiger partial charge in [0.25, 0.3) is 5.91 Å². The van der Waals surface area contributed by atoms with Crippen LogP contribution in [0.25, 0.3) is 0 Å². The summed E-state index contributed by atoms with van der Waals surface area (Å²) in [5.74, 6) is 0.703. The Bertz CT molecular complexity index is 553.